The zero-order valence-corrected chi connectivity index (χ0v) is 44.5. The van der Waals surface area contributed by atoms with Crippen molar-refractivity contribution in [3.63, 3.8) is 0 Å². The molecule has 0 aliphatic carbocycles. The maximum atomic E-state index is 16.9. The van der Waals surface area contributed by atoms with Crippen molar-refractivity contribution >= 4 is 46.4 Å². The molecule has 12 N–H and O–H groups in total. The molecule has 0 fully saturated rings. The van der Waals surface area contributed by atoms with Crippen LogP contribution in [0.5, 0.6) is 34.5 Å². The third-order valence-corrected chi connectivity index (χ3v) is 13.4. The van der Waals surface area contributed by atoms with E-state index in [4.69, 9.17) is 9.47 Å². The van der Waals surface area contributed by atoms with Gasteiger partial charge < -0.3 is 80.0 Å². The number of fused-ring (bicyclic) bond motifs is 8. The number of nitrogens with zero attached hydrogens (tertiary/aromatic N) is 2. The van der Waals surface area contributed by atoms with Gasteiger partial charge in [0.25, 0.3) is 0 Å². The molecule has 2 aliphatic rings. The van der Waals surface area contributed by atoms with Gasteiger partial charge in [0.1, 0.15) is 50.8 Å². The molecule has 0 radical (unpaired) electrons. The third-order valence-electron chi connectivity index (χ3n) is 13.4. The fourth-order valence-corrected chi connectivity index (χ4v) is 9.13. The lowest BCUT2D eigenvalue weighted by molar-refractivity contribution is 0.0504. The van der Waals surface area contributed by atoms with Gasteiger partial charge in [-0.05, 0) is 36.4 Å². The molecule has 478 valence electrons. The molecule has 7 aromatic rings. The lowest BCUT2D eigenvalue weighted by atomic mass is 10.0. The third kappa shape index (κ3) is 11.3. The van der Waals surface area contributed by atoms with E-state index in [1.54, 1.807) is 0 Å². The number of benzene rings is 4. The fraction of sp³-hybridized carbons (Fsp3) is 0.214. The number of H-pyrrole nitrogens is 2. The Labute approximate surface area is 489 Å². The van der Waals surface area contributed by atoms with Gasteiger partial charge >= 0.3 is 0 Å². The molecule has 0 amide bonds. The standard InChI is InChI=1S/C56H38F16N4O14/c57-33-29(34(58)42(66)53(41(33)65)87-11-15(81)7-77)25-19-1-2-20(73-19)26(30-35(59)43(67)54(44(68)36(30)60)88-12-16(82)8-78)22-4-6-24(75-22)28(32-39(63)47(71)56(48(72)40(32)64)90-14-18(84)10-80)50-52(86)51(85)49(76-50)27(23-5-3-21(25)74-23)31-37(61)45(69)55(46(70)38(31)62)89-13-17(83)9-79/h1-6,15-18,73,76-86H,7-14H2. The zero-order valence-electron chi connectivity index (χ0n) is 44.5. The highest BCUT2D eigenvalue weighted by atomic mass is 19.2. The molecule has 18 nitrogen and oxygen atoms in total. The second kappa shape index (κ2) is 25.7. The first-order chi connectivity index (χ1) is 42.6. The summed E-state index contributed by atoms with van der Waals surface area (Å²) in [7, 11) is 0. The SMILES string of the molecule is OCC(O)COc1c(F)c(F)c(-c2c3nc(c(-c4c(F)c(F)c(OCC(O)CO)c(F)c4F)c4[nH]c(c(O)c4O)c(-c4c(F)c(F)c(OCC(O)CO)c(F)c4F)c4nc(c(-c5c(F)c(F)c(OCC(O)CO)c(F)c5F)c5ccc2[nH]5)C=C4)C=C3)c(F)c1F. The summed E-state index contributed by atoms with van der Waals surface area (Å²) in [6.45, 7) is -9.60. The maximum absolute atomic E-state index is 16.9. The quantitative estimate of drug-likeness (QED) is 0.0255. The van der Waals surface area contributed by atoms with E-state index in [1.807, 2.05) is 4.98 Å². The molecule has 34 heteroatoms. The van der Waals surface area contributed by atoms with E-state index in [2.05, 4.69) is 24.4 Å². The summed E-state index contributed by atoms with van der Waals surface area (Å²) in [5.74, 6) is -51.5. The number of aromatic nitrogens is 4. The monoisotopic (exact) mass is 1290 g/mol. The van der Waals surface area contributed by atoms with Gasteiger partial charge in [-0.25, -0.2) is 45.1 Å². The number of ether oxygens (including phenoxy) is 4. The van der Waals surface area contributed by atoms with Crippen LogP contribution >= 0.6 is 0 Å². The number of nitrogens with one attached hydrogen (secondary N) is 2. The van der Waals surface area contributed by atoms with Gasteiger partial charge in [0.05, 0.1) is 82.5 Å². The summed E-state index contributed by atoms with van der Waals surface area (Å²) in [5, 5.41) is 99.7. The van der Waals surface area contributed by atoms with Crippen LogP contribution in [0.15, 0.2) is 12.1 Å². The number of halogens is 16. The zero-order chi connectivity index (χ0) is 65.8. The normalized spacial score (nSPS) is 13.5. The van der Waals surface area contributed by atoms with Gasteiger partial charge in [-0.3, -0.25) is 0 Å². The van der Waals surface area contributed by atoms with E-state index >= 15 is 70.2 Å². The highest BCUT2D eigenvalue weighted by molar-refractivity contribution is 6.04. The molecule has 0 spiro atoms. The highest BCUT2D eigenvalue weighted by Gasteiger charge is 2.38. The van der Waals surface area contributed by atoms with Crippen molar-refractivity contribution in [1.29, 1.82) is 0 Å². The molecule has 4 unspecified atom stereocenters. The average Bonchev–Trinajstić information content (AvgIpc) is 1.46. The first kappa shape index (κ1) is 65.3. The van der Waals surface area contributed by atoms with Crippen molar-refractivity contribution in [1.82, 2.24) is 19.9 Å². The van der Waals surface area contributed by atoms with Crippen LogP contribution in [0.2, 0.25) is 0 Å². The number of hydrogen-bond donors (Lipinski definition) is 12. The molecule has 8 bridgehead atoms. The Morgan fingerprint density at radius 3 is 0.744 bits per heavy atom. The maximum Gasteiger partial charge on any atom is 0.204 e. The van der Waals surface area contributed by atoms with Crippen molar-refractivity contribution in [2.45, 2.75) is 24.4 Å². The van der Waals surface area contributed by atoms with Crippen molar-refractivity contribution in [2.75, 3.05) is 52.9 Å². The van der Waals surface area contributed by atoms with E-state index in [0.29, 0.717) is 36.4 Å². The summed E-state index contributed by atoms with van der Waals surface area (Å²) >= 11 is 0. The smallest absolute Gasteiger partial charge is 0.204 e. The molecule has 3 aromatic heterocycles. The molecule has 9 rings (SSSR count). The van der Waals surface area contributed by atoms with Crippen LogP contribution < -0.4 is 18.9 Å². The van der Waals surface area contributed by atoms with E-state index < -0.39 is 294 Å². The van der Waals surface area contributed by atoms with Crippen molar-refractivity contribution < 1.29 is 140 Å². The van der Waals surface area contributed by atoms with Crippen LogP contribution in [0.3, 0.4) is 0 Å². The lowest BCUT2D eigenvalue weighted by Gasteiger charge is -2.16. The Morgan fingerprint density at radius 2 is 0.522 bits per heavy atom. The van der Waals surface area contributed by atoms with Crippen LogP contribution in [0.4, 0.5) is 70.2 Å². The molecule has 4 aromatic carbocycles. The predicted octanol–water partition coefficient (Wildman–Crippen LogP) is 7.89. The van der Waals surface area contributed by atoms with Gasteiger partial charge in [-0.15, -0.1) is 0 Å². The highest BCUT2D eigenvalue weighted by Crippen LogP contribution is 2.51. The van der Waals surface area contributed by atoms with Gasteiger partial charge in [0.15, 0.2) is 81.0 Å². The first-order valence-corrected chi connectivity index (χ1v) is 25.4. The number of aliphatic hydroxyl groups excluding tert-OH is 8. The summed E-state index contributed by atoms with van der Waals surface area (Å²) in [6, 6.07) is 1.24. The van der Waals surface area contributed by atoms with Crippen molar-refractivity contribution in [2.24, 2.45) is 0 Å². The predicted molar refractivity (Wildman–Crippen MR) is 278 cm³/mol. The van der Waals surface area contributed by atoms with Crippen molar-refractivity contribution in [3.8, 4) is 79.0 Å². The number of aliphatic hydroxyl groups is 8. The molecule has 0 saturated heterocycles. The van der Waals surface area contributed by atoms with E-state index in [0.717, 1.165) is 0 Å². The minimum Gasteiger partial charge on any atom is -0.503 e. The largest absolute Gasteiger partial charge is 0.503 e. The van der Waals surface area contributed by atoms with Crippen LogP contribution in [-0.4, -0.2) is 148 Å². The Hall–Kier alpha value is -9.16. The van der Waals surface area contributed by atoms with Crippen LogP contribution in [0, 0.1) is 93.1 Å². The Morgan fingerprint density at radius 1 is 0.311 bits per heavy atom. The lowest BCUT2D eigenvalue weighted by Crippen LogP contribution is -2.22. The number of aromatic hydroxyl groups is 2. The topological polar surface area (TPSA) is 297 Å². The van der Waals surface area contributed by atoms with Crippen molar-refractivity contribution in [3.05, 3.63) is 128 Å². The minimum absolute atomic E-state index is 0.486. The summed E-state index contributed by atoms with van der Waals surface area (Å²) in [5.41, 5.74) is -23.8. The first-order valence-electron chi connectivity index (χ1n) is 25.4. The number of rotatable bonds is 20. The van der Waals surface area contributed by atoms with E-state index in [9.17, 15) is 51.1 Å². The molecular weight excluding hydrogens is 1260 g/mol. The van der Waals surface area contributed by atoms with Gasteiger partial charge in [-0.2, -0.15) is 35.1 Å². The van der Waals surface area contributed by atoms with Gasteiger partial charge in [0.2, 0.25) is 46.5 Å². The molecule has 2 aliphatic heterocycles. The molecular formula is C56H38F16N4O14. The average molecular weight is 1290 g/mol. The van der Waals surface area contributed by atoms with Crippen LogP contribution in [0.1, 0.15) is 22.8 Å². The Kier molecular flexibility index (Phi) is 18.7. The van der Waals surface area contributed by atoms with Gasteiger partial charge in [0, 0.05) is 33.3 Å². The fourth-order valence-electron chi connectivity index (χ4n) is 9.13. The van der Waals surface area contributed by atoms with Gasteiger partial charge in [-0.1, -0.05) is 0 Å². The number of aromatic amines is 2. The van der Waals surface area contributed by atoms with Crippen LogP contribution in [-0.2, 0) is 0 Å². The van der Waals surface area contributed by atoms with E-state index in [1.165, 1.54) is 0 Å². The summed E-state index contributed by atoms with van der Waals surface area (Å²) < 4.78 is 283. The molecule has 90 heavy (non-hydrogen) atoms. The minimum atomic E-state index is -2.58. The molecule has 0 saturated carbocycles. The van der Waals surface area contributed by atoms with Crippen LogP contribution in [0.25, 0.3) is 90.9 Å². The Bertz CT molecular complexity index is 3940. The molecule has 4 atom stereocenters. The second-order valence-corrected chi connectivity index (χ2v) is 19.2. The summed E-state index contributed by atoms with van der Waals surface area (Å²) in [6.07, 6.45) is -5.79. The second-order valence-electron chi connectivity index (χ2n) is 19.2. The Balaban J connectivity index is 1.55. The summed E-state index contributed by atoms with van der Waals surface area (Å²) in [4.78, 5) is 12.3. The molecule has 5 heterocycles. The van der Waals surface area contributed by atoms with E-state index in [-0.39, 0.29) is 0 Å². The number of hydrogen-bond acceptors (Lipinski definition) is 16.